The van der Waals surface area contributed by atoms with Crippen LogP contribution in [0.2, 0.25) is 0 Å². The van der Waals surface area contributed by atoms with Crippen molar-refractivity contribution in [2.24, 2.45) is 11.7 Å². The van der Waals surface area contributed by atoms with Crippen molar-refractivity contribution < 1.29 is 14.6 Å². The van der Waals surface area contributed by atoms with E-state index in [-0.39, 0.29) is 22.4 Å². The van der Waals surface area contributed by atoms with Gasteiger partial charge in [0.05, 0.1) is 5.56 Å². The highest BCUT2D eigenvalue weighted by Crippen LogP contribution is 2.47. The minimum absolute atomic E-state index is 0.0596. The number of nitrogens with two attached hydrogens (primary N) is 1. The van der Waals surface area contributed by atoms with Gasteiger partial charge in [-0.25, -0.2) is 4.79 Å². The third-order valence-corrected chi connectivity index (χ3v) is 8.27. The summed E-state index contributed by atoms with van der Waals surface area (Å²) in [5.41, 5.74) is 13.9. The van der Waals surface area contributed by atoms with Crippen LogP contribution in [0.15, 0.2) is 60.7 Å². The quantitative estimate of drug-likeness (QED) is 0.373. The summed E-state index contributed by atoms with van der Waals surface area (Å²) in [5.74, 6) is 0.495. The standard InChI is InChI=1S/C32H37NO3/c1-31(2)15-16-32(3,4)27-18-24(11-13-26(27)31)25-17-23(20-5-9-22(10-6-20)30(34)35)12-14-29(25)36-19-28(33)21-7-8-21/h5-6,9-14,17-18,21,28H,7-8,15-16,19,33H2,1-4H3,(H,34,35). The fourth-order valence-electron chi connectivity index (χ4n) is 5.47. The summed E-state index contributed by atoms with van der Waals surface area (Å²) < 4.78 is 6.33. The Kier molecular flexibility index (Phi) is 6.20. The van der Waals surface area contributed by atoms with Gasteiger partial charge in [-0.05, 0) is 94.5 Å². The van der Waals surface area contributed by atoms with Gasteiger partial charge in [-0.3, -0.25) is 0 Å². The molecule has 1 unspecified atom stereocenters. The summed E-state index contributed by atoms with van der Waals surface area (Å²) in [6, 6.07) is 20.2. The Labute approximate surface area is 214 Å². The third-order valence-electron chi connectivity index (χ3n) is 8.27. The second-order valence-electron chi connectivity index (χ2n) is 11.9. The van der Waals surface area contributed by atoms with Gasteiger partial charge in [0.15, 0.2) is 0 Å². The molecule has 4 nitrogen and oxygen atoms in total. The maximum absolute atomic E-state index is 11.3. The number of rotatable bonds is 7. The van der Waals surface area contributed by atoms with Crippen molar-refractivity contribution in [2.75, 3.05) is 6.61 Å². The highest BCUT2D eigenvalue weighted by atomic mass is 16.5. The molecule has 0 aromatic heterocycles. The van der Waals surface area contributed by atoms with Crippen molar-refractivity contribution in [3.63, 3.8) is 0 Å². The SMILES string of the molecule is CC1(C)CCC(C)(C)c2cc(-c3cc(-c4ccc(C(=O)O)cc4)ccc3OCC(N)C3CC3)ccc21. The molecular weight excluding hydrogens is 446 g/mol. The first-order valence-electron chi connectivity index (χ1n) is 13.1. The smallest absolute Gasteiger partial charge is 0.335 e. The van der Waals surface area contributed by atoms with Gasteiger partial charge in [0.25, 0.3) is 0 Å². The maximum atomic E-state index is 11.3. The largest absolute Gasteiger partial charge is 0.491 e. The number of hydrogen-bond acceptors (Lipinski definition) is 3. The number of fused-ring (bicyclic) bond motifs is 1. The number of carbonyl (C=O) groups is 1. The maximum Gasteiger partial charge on any atom is 0.335 e. The minimum Gasteiger partial charge on any atom is -0.491 e. The lowest BCUT2D eigenvalue weighted by atomic mass is 9.63. The molecule has 5 rings (SSSR count). The molecule has 3 aromatic rings. The van der Waals surface area contributed by atoms with Crippen molar-refractivity contribution in [1.29, 1.82) is 0 Å². The summed E-state index contributed by atoms with van der Waals surface area (Å²) in [5, 5.41) is 9.27. The number of carboxylic acid groups (broad SMARTS) is 1. The third kappa shape index (κ3) is 4.79. The molecule has 188 valence electrons. The van der Waals surface area contributed by atoms with Crippen LogP contribution >= 0.6 is 0 Å². The minimum atomic E-state index is -0.919. The van der Waals surface area contributed by atoms with Crippen LogP contribution in [0.1, 0.15) is 74.9 Å². The Bertz CT molecular complexity index is 1290. The zero-order valence-corrected chi connectivity index (χ0v) is 21.8. The zero-order valence-electron chi connectivity index (χ0n) is 21.8. The number of carboxylic acids is 1. The molecular formula is C32H37NO3. The molecule has 0 amide bonds. The molecule has 2 aliphatic carbocycles. The molecule has 0 aliphatic heterocycles. The van der Waals surface area contributed by atoms with Crippen LogP contribution in [-0.2, 0) is 10.8 Å². The Morgan fingerprint density at radius 2 is 1.50 bits per heavy atom. The Morgan fingerprint density at radius 3 is 2.14 bits per heavy atom. The van der Waals surface area contributed by atoms with Crippen molar-refractivity contribution in [3.8, 4) is 28.0 Å². The summed E-state index contributed by atoms with van der Waals surface area (Å²) in [7, 11) is 0. The van der Waals surface area contributed by atoms with Gasteiger partial charge in [-0.2, -0.15) is 0 Å². The van der Waals surface area contributed by atoms with E-state index in [1.807, 2.05) is 24.3 Å². The van der Waals surface area contributed by atoms with Crippen LogP contribution in [-0.4, -0.2) is 23.7 Å². The first-order valence-corrected chi connectivity index (χ1v) is 13.1. The Hall–Kier alpha value is -3.11. The van der Waals surface area contributed by atoms with Crippen LogP contribution in [0.4, 0.5) is 0 Å². The molecule has 3 N–H and O–H groups in total. The first-order chi connectivity index (χ1) is 17.0. The van der Waals surface area contributed by atoms with Crippen LogP contribution in [0.3, 0.4) is 0 Å². The first kappa shape index (κ1) is 24.6. The fraction of sp³-hybridized carbons (Fsp3) is 0.406. The van der Waals surface area contributed by atoms with Crippen LogP contribution in [0, 0.1) is 5.92 Å². The summed E-state index contributed by atoms with van der Waals surface area (Å²) in [4.78, 5) is 11.3. The molecule has 0 saturated heterocycles. The summed E-state index contributed by atoms with van der Waals surface area (Å²) >= 11 is 0. The van der Waals surface area contributed by atoms with Gasteiger partial charge in [-0.1, -0.05) is 64.1 Å². The molecule has 36 heavy (non-hydrogen) atoms. The fourth-order valence-corrected chi connectivity index (χ4v) is 5.47. The topological polar surface area (TPSA) is 72.5 Å². The summed E-state index contributed by atoms with van der Waals surface area (Å²) in [6.45, 7) is 9.88. The molecule has 0 bridgehead atoms. The van der Waals surface area contributed by atoms with E-state index in [1.54, 1.807) is 12.1 Å². The number of benzene rings is 3. The lowest BCUT2D eigenvalue weighted by Gasteiger charge is -2.42. The Balaban J connectivity index is 1.58. The van der Waals surface area contributed by atoms with Gasteiger partial charge < -0.3 is 15.6 Å². The van der Waals surface area contributed by atoms with E-state index in [4.69, 9.17) is 10.5 Å². The highest BCUT2D eigenvalue weighted by Gasteiger charge is 2.37. The summed E-state index contributed by atoms with van der Waals surface area (Å²) in [6.07, 6.45) is 4.73. The second-order valence-corrected chi connectivity index (χ2v) is 11.9. The predicted octanol–water partition coefficient (Wildman–Crippen LogP) is 7.18. The van der Waals surface area contributed by atoms with Crippen molar-refractivity contribution in [1.82, 2.24) is 0 Å². The molecule has 2 aliphatic rings. The van der Waals surface area contributed by atoms with Crippen molar-refractivity contribution in [2.45, 2.75) is 70.3 Å². The van der Waals surface area contributed by atoms with Crippen LogP contribution in [0.25, 0.3) is 22.3 Å². The lowest BCUT2D eigenvalue weighted by Crippen LogP contribution is -2.33. The van der Waals surface area contributed by atoms with E-state index in [2.05, 4.69) is 52.0 Å². The van der Waals surface area contributed by atoms with Gasteiger partial charge in [0.1, 0.15) is 12.4 Å². The molecule has 1 saturated carbocycles. The lowest BCUT2D eigenvalue weighted by molar-refractivity contribution is 0.0697. The van der Waals surface area contributed by atoms with E-state index < -0.39 is 5.97 Å². The van der Waals surface area contributed by atoms with E-state index in [0.717, 1.165) is 34.4 Å². The normalized spacial score (nSPS) is 18.8. The van der Waals surface area contributed by atoms with Gasteiger partial charge in [0, 0.05) is 11.6 Å². The van der Waals surface area contributed by atoms with Crippen molar-refractivity contribution >= 4 is 5.97 Å². The van der Waals surface area contributed by atoms with E-state index in [0.29, 0.717) is 12.5 Å². The number of aromatic carboxylic acids is 1. The average molecular weight is 484 g/mol. The predicted molar refractivity (Wildman–Crippen MR) is 146 cm³/mol. The number of ether oxygens (including phenoxy) is 1. The average Bonchev–Trinajstić information content (AvgIpc) is 3.71. The molecule has 0 heterocycles. The molecule has 0 radical (unpaired) electrons. The number of hydrogen-bond donors (Lipinski definition) is 2. The second kappa shape index (κ2) is 9.08. The molecule has 3 aromatic carbocycles. The molecule has 1 fully saturated rings. The van der Waals surface area contributed by atoms with Crippen LogP contribution in [0.5, 0.6) is 5.75 Å². The van der Waals surface area contributed by atoms with Crippen molar-refractivity contribution in [3.05, 3.63) is 77.4 Å². The monoisotopic (exact) mass is 483 g/mol. The van der Waals surface area contributed by atoms with Gasteiger partial charge in [0.2, 0.25) is 0 Å². The van der Waals surface area contributed by atoms with E-state index in [9.17, 15) is 9.90 Å². The van der Waals surface area contributed by atoms with E-state index >= 15 is 0 Å². The molecule has 0 spiro atoms. The van der Waals surface area contributed by atoms with E-state index in [1.165, 1.54) is 30.4 Å². The van der Waals surface area contributed by atoms with Crippen LogP contribution < -0.4 is 10.5 Å². The Morgan fingerprint density at radius 1 is 0.889 bits per heavy atom. The molecule has 4 heteroatoms. The molecule has 1 atom stereocenters. The van der Waals surface area contributed by atoms with Gasteiger partial charge in [-0.15, -0.1) is 0 Å². The van der Waals surface area contributed by atoms with Gasteiger partial charge >= 0.3 is 5.97 Å². The highest BCUT2D eigenvalue weighted by molar-refractivity contribution is 5.88. The zero-order chi connectivity index (χ0) is 25.7.